The minimum atomic E-state index is -4.47. The quantitative estimate of drug-likeness (QED) is 0.879. The van der Waals surface area contributed by atoms with E-state index in [9.17, 15) is 21.6 Å². The first-order valence-electron chi connectivity index (χ1n) is 5.55. The minimum absolute atomic E-state index is 0.00921. The van der Waals surface area contributed by atoms with Crippen LogP contribution < -0.4 is 4.72 Å². The third kappa shape index (κ3) is 3.69. The van der Waals surface area contributed by atoms with Crippen LogP contribution in [-0.2, 0) is 16.2 Å². The minimum Gasteiger partial charge on any atom is -0.279 e. The number of alkyl halides is 3. The highest BCUT2D eigenvalue weighted by Gasteiger charge is 2.32. The van der Waals surface area contributed by atoms with E-state index in [1.165, 1.54) is 19.1 Å². The predicted molar refractivity (Wildman–Crippen MR) is 76.3 cm³/mol. The molecule has 2 rings (SSSR count). The molecule has 0 bridgehead atoms. The number of halogens is 4. The monoisotopic (exact) mass is 355 g/mol. The van der Waals surface area contributed by atoms with Gasteiger partial charge < -0.3 is 0 Å². The summed E-state index contributed by atoms with van der Waals surface area (Å²) in [6.07, 6.45) is -4.47. The second-order valence-corrected chi connectivity index (χ2v) is 7.82. The van der Waals surface area contributed by atoms with Gasteiger partial charge in [0.1, 0.15) is 4.21 Å². The Morgan fingerprint density at radius 2 is 1.86 bits per heavy atom. The van der Waals surface area contributed by atoms with Gasteiger partial charge in [-0.3, -0.25) is 4.72 Å². The van der Waals surface area contributed by atoms with E-state index in [1.807, 2.05) is 0 Å². The van der Waals surface area contributed by atoms with Crippen LogP contribution >= 0.6 is 22.9 Å². The number of hydrogen-bond acceptors (Lipinski definition) is 3. The maximum absolute atomic E-state index is 12.6. The summed E-state index contributed by atoms with van der Waals surface area (Å²) in [6.45, 7) is 1.27. The van der Waals surface area contributed by atoms with Crippen LogP contribution in [0.2, 0.25) is 4.34 Å². The summed E-state index contributed by atoms with van der Waals surface area (Å²) in [5.74, 6) is 0. The Labute approximate surface area is 128 Å². The molecule has 0 spiro atoms. The van der Waals surface area contributed by atoms with Crippen molar-refractivity contribution in [1.29, 1.82) is 0 Å². The lowest BCUT2D eigenvalue weighted by Gasteiger charge is -2.12. The molecule has 0 saturated carbocycles. The molecule has 3 nitrogen and oxygen atoms in total. The third-order valence-corrected chi connectivity index (χ3v) is 5.70. The Morgan fingerprint density at radius 3 is 2.33 bits per heavy atom. The van der Waals surface area contributed by atoms with Gasteiger partial charge in [0.2, 0.25) is 0 Å². The average molecular weight is 356 g/mol. The van der Waals surface area contributed by atoms with Gasteiger partial charge in [0.15, 0.2) is 0 Å². The van der Waals surface area contributed by atoms with Crippen molar-refractivity contribution in [2.24, 2.45) is 0 Å². The van der Waals surface area contributed by atoms with Gasteiger partial charge in [0.25, 0.3) is 10.0 Å². The Morgan fingerprint density at radius 1 is 1.19 bits per heavy atom. The number of hydrogen-bond donors (Lipinski definition) is 1. The molecule has 0 atom stereocenters. The summed E-state index contributed by atoms with van der Waals surface area (Å²) in [4.78, 5) is 0. The van der Waals surface area contributed by atoms with Gasteiger partial charge in [-0.2, -0.15) is 13.2 Å². The standard InChI is InChI=1S/C12H9ClF3NO2S2/c1-7-6-8(2-3-9(7)12(14,15)16)17-21(18,19)11-5-4-10(13)20-11/h2-6,17H,1H3. The Bertz CT molecular complexity index is 769. The van der Waals surface area contributed by atoms with E-state index in [0.717, 1.165) is 29.5 Å². The van der Waals surface area contributed by atoms with Crippen molar-refractivity contribution in [3.05, 3.63) is 45.8 Å². The van der Waals surface area contributed by atoms with Gasteiger partial charge in [-0.05, 0) is 42.8 Å². The predicted octanol–water partition coefficient (Wildman–Crippen LogP) is 4.53. The zero-order chi connectivity index (χ0) is 15.8. The fourth-order valence-corrected chi connectivity index (χ4v) is 4.22. The van der Waals surface area contributed by atoms with Gasteiger partial charge in [0.05, 0.1) is 9.90 Å². The molecule has 1 heterocycles. The molecule has 1 N–H and O–H groups in total. The Kier molecular flexibility index (Phi) is 4.23. The number of benzene rings is 1. The Hall–Kier alpha value is -1.25. The smallest absolute Gasteiger partial charge is 0.279 e. The van der Waals surface area contributed by atoms with E-state index < -0.39 is 21.8 Å². The molecule has 114 valence electrons. The number of nitrogens with one attached hydrogen (secondary N) is 1. The van der Waals surface area contributed by atoms with Crippen molar-refractivity contribution in [3.63, 3.8) is 0 Å². The molecule has 0 unspecified atom stereocenters. The largest absolute Gasteiger partial charge is 0.416 e. The van der Waals surface area contributed by atoms with Crippen LogP contribution in [0.3, 0.4) is 0 Å². The molecule has 0 radical (unpaired) electrons. The van der Waals surface area contributed by atoms with Gasteiger partial charge in [-0.15, -0.1) is 11.3 Å². The van der Waals surface area contributed by atoms with E-state index in [0.29, 0.717) is 4.34 Å². The van der Waals surface area contributed by atoms with Crippen molar-refractivity contribution in [2.75, 3.05) is 4.72 Å². The van der Waals surface area contributed by atoms with Gasteiger partial charge in [0, 0.05) is 5.69 Å². The molecule has 0 aliphatic carbocycles. The highest BCUT2D eigenvalue weighted by molar-refractivity contribution is 7.94. The van der Waals surface area contributed by atoms with Crippen LogP contribution in [0.1, 0.15) is 11.1 Å². The second-order valence-electron chi connectivity index (χ2n) is 4.19. The van der Waals surface area contributed by atoms with Gasteiger partial charge in [-0.25, -0.2) is 8.42 Å². The van der Waals surface area contributed by atoms with Crippen LogP contribution in [0.25, 0.3) is 0 Å². The van der Waals surface area contributed by atoms with Gasteiger partial charge >= 0.3 is 6.18 Å². The van der Waals surface area contributed by atoms with E-state index in [4.69, 9.17) is 11.6 Å². The molecule has 0 amide bonds. The zero-order valence-corrected chi connectivity index (χ0v) is 12.9. The lowest BCUT2D eigenvalue weighted by molar-refractivity contribution is -0.138. The summed E-state index contributed by atoms with van der Waals surface area (Å²) in [5, 5.41) is 0. The molecule has 0 fully saturated rings. The molecule has 2 aromatic rings. The van der Waals surface area contributed by atoms with E-state index in [-0.39, 0.29) is 15.5 Å². The molecular weight excluding hydrogens is 347 g/mol. The van der Waals surface area contributed by atoms with Crippen molar-refractivity contribution in [1.82, 2.24) is 0 Å². The van der Waals surface area contributed by atoms with Crippen molar-refractivity contribution in [3.8, 4) is 0 Å². The maximum Gasteiger partial charge on any atom is 0.416 e. The van der Waals surface area contributed by atoms with E-state index in [1.54, 1.807) is 0 Å². The highest BCUT2D eigenvalue weighted by atomic mass is 35.5. The first-order valence-corrected chi connectivity index (χ1v) is 8.23. The normalized spacial score (nSPS) is 12.4. The lowest BCUT2D eigenvalue weighted by atomic mass is 10.1. The molecule has 1 aromatic heterocycles. The van der Waals surface area contributed by atoms with E-state index >= 15 is 0 Å². The topological polar surface area (TPSA) is 46.2 Å². The number of sulfonamides is 1. The van der Waals surface area contributed by atoms with Crippen molar-refractivity contribution < 1.29 is 21.6 Å². The van der Waals surface area contributed by atoms with Crippen LogP contribution in [0, 0.1) is 6.92 Å². The summed E-state index contributed by atoms with van der Waals surface area (Å²) in [7, 11) is -3.85. The van der Waals surface area contributed by atoms with E-state index in [2.05, 4.69) is 4.72 Å². The number of rotatable bonds is 3. The number of anilines is 1. The van der Waals surface area contributed by atoms with Crippen LogP contribution in [0.5, 0.6) is 0 Å². The van der Waals surface area contributed by atoms with Crippen LogP contribution in [0.4, 0.5) is 18.9 Å². The third-order valence-electron chi connectivity index (χ3n) is 2.60. The maximum atomic E-state index is 12.6. The summed E-state index contributed by atoms with van der Waals surface area (Å²) < 4.78 is 64.5. The Balaban J connectivity index is 2.31. The van der Waals surface area contributed by atoms with Gasteiger partial charge in [-0.1, -0.05) is 11.6 Å². The summed E-state index contributed by atoms with van der Waals surface area (Å²) in [5.41, 5.74) is -0.804. The molecule has 0 aliphatic heterocycles. The summed E-state index contributed by atoms with van der Waals surface area (Å²) >= 11 is 6.53. The van der Waals surface area contributed by atoms with Crippen LogP contribution in [-0.4, -0.2) is 8.42 Å². The van der Waals surface area contributed by atoms with Crippen molar-refractivity contribution in [2.45, 2.75) is 17.3 Å². The zero-order valence-electron chi connectivity index (χ0n) is 10.5. The first-order chi connectivity index (χ1) is 9.59. The molecule has 1 aromatic carbocycles. The molecule has 9 heteroatoms. The molecule has 0 saturated heterocycles. The van der Waals surface area contributed by atoms with Crippen molar-refractivity contribution >= 4 is 38.6 Å². The SMILES string of the molecule is Cc1cc(NS(=O)(=O)c2ccc(Cl)s2)ccc1C(F)(F)F. The lowest BCUT2D eigenvalue weighted by Crippen LogP contribution is -2.13. The number of thiophene rings is 1. The molecule has 0 aliphatic rings. The highest BCUT2D eigenvalue weighted by Crippen LogP contribution is 2.33. The molecule has 21 heavy (non-hydrogen) atoms. The van der Waals surface area contributed by atoms with Crippen LogP contribution in [0.15, 0.2) is 34.5 Å². The summed E-state index contributed by atoms with van der Waals surface area (Å²) in [6, 6.07) is 5.80. The number of aryl methyl sites for hydroxylation is 1. The second kappa shape index (κ2) is 5.51. The molecular formula is C12H9ClF3NO2S2. The fraction of sp³-hybridized carbons (Fsp3) is 0.167. The first kappa shape index (κ1) is 16.1. The fourth-order valence-electron chi connectivity index (χ4n) is 1.69. The average Bonchev–Trinajstić information content (AvgIpc) is 2.74.